The first-order chi connectivity index (χ1) is 19.0. The minimum Gasteiger partial charge on any atom is -0.447 e. The van der Waals surface area contributed by atoms with Crippen LogP contribution in [0, 0.1) is 5.92 Å². The van der Waals surface area contributed by atoms with E-state index in [1.807, 2.05) is 31.2 Å². The number of aliphatic hydroxyl groups excluding tert-OH is 1. The molecule has 4 heterocycles. The number of amides is 3. The Labute approximate surface area is 233 Å². The second kappa shape index (κ2) is 9.67. The van der Waals surface area contributed by atoms with Crippen molar-refractivity contribution in [2.45, 2.75) is 62.7 Å². The number of fused-ring (bicyclic) bond motifs is 3. The zero-order valence-corrected chi connectivity index (χ0v) is 23.9. The molecule has 4 aliphatic rings. The van der Waals surface area contributed by atoms with Crippen molar-refractivity contribution in [3.05, 3.63) is 59.2 Å². The Morgan fingerprint density at radius 2 is 1.95 bits per heavy atom. The number of rotatable bonds is 5. The molecule has 0 bridgehead atoms. The molecule has 0 saturated carbocycles. The highest BCUT2D eigenvalue weighted by molar-refractivity contribution is 6.72. The molecule has 6 rings (SSSR count). The van der Waals surface area contributed by atoms with Crippen molar-refractivity contribution in [1.82, 2.24) is 4.90 Å². The first-order valence-electron chi connectivity index (χ1n) is 13.8. The maximum Gasteiger partial charge on any atom is 0.414 e. The lowest BCUT2D eigenvalue weighted by atomic mass is 9.82. The normalized spacial score (nSPS) is 29.4. The standard InChI is InChI=1S/C29H34FN3O6Si/c1-17-26(40(2,3)30)24(14-25(35)33-15-19-7-5-4-6-18(19)12-21(33)16-34)39-29(17)22-13-20(32-10-11-38-28(32)37)8-9-23(22)31-27(29)36/h4-9,13,17,21,24,26,34H,10-12,14-16H2,1-3H3,(H,31,36)/t17-,21+,24+,26-,29+/m1/s1. The van der Waals surface area contributed by atoms with Crippen molar-refractivity contribution in [3.8, 4) is 0 Å². The molecular formula is C29H34FN3O6Si. The molecule has 2 aromatic carbocycles. The maximum atomic E-state index is 16.0. The Morgan fingerprint density at radius 3 is 2.62 bits per heavy atom. The lowest BCUT2D eigenvalue weighted by molar-refractivity contribution is -0.149. The van der Waals surface area contributed by atoms with Gasteiger partial charge in [0.25, 0.3) is 5.91 Å². The zero-order valence-electron chi connectivity index (χ0n) is 22.9. The van der Waals surface area contributed by atoms with E-state index >= 15 is 4.11 Å². The van der Waals surface area contributed by atoms with Crippen molar-refractivity contribution in [2.75, 3.05) is 30.0 Å². The molecule has 9 nitrogen and oxygen atoms in total. The molecule has 0 unspecified atom stereocenters. The van der Waals surface area contributed by atoms with Gasteiger partial charge in [0.15, 0.2) is 5.60 Å². The van der Waals surface area contributed by atoms with Crippen molar-refractivity contribution in [3.63, 3.8) is 0 Å². The van der Waals surface area contributed by atoms with E-state index in [2.05, 4.69) is 5.32 Å². The van der Waals surface area contributed by atoms with E-state index in [4.69, 9.17) is 9.47 Å². The van der Waals surface area contributed by atoms with E-state index in [0.29, 0.717) is 36.4 Å². The predicted molar refractivity (Wildman–Crippen MR) is 148 cm³/mol. The van der Waals surface area contributed by atoms with Crippen LogP contribution in [-0.2, 0) is 37.6 Å². The highest BCUT2D eigenvalue weighted by atomic mass is 28.4. The van der Waals surface area contributed by atoms with Gasteiger partial charge in [-0.15, -0.1) is 0 Å². The molecule has 0 radical (unpaired) electrons. The van der Waals surface area contributed by atoms with Crippen LogP contribution in [0.2, 0.25) is 18.6 Å². The van der Waals surface area contributed by atoms with Crippen LogP contribution in [0.5, 0.6) is 0 Å². The number of aliphatic hydroxyl groups is 1. The number of anilines is 2. The Balaban J connectivity index is 1.33. The van der Waals surface area contributed by atoms with Crippen LogP contribution in [-0.4, -0.2) is 68.2 Å². The molecule has 3 amide bonds. The van der Waals surface area contributed by atoms with Gasteiger partial charge in [-0.25, -0.2) is 4.79 Å². The van der Waals surface area contributed by atoms with Crippen LogP contribution in [0.15, 0.2) is 42.5 Å². The molecule has 4 aliphatic heterocycles. The predicted octanol–water partition coefficient (Wildman–Crippen LogP) is 3.71. The minimum atomic E-state index is -3.45. The van der Waals surface area contributed by atoms with E-state index in [1.165, 1.54) is 4.90 Å². The highest BCUT2D eigenvalue weighted by Crippen LogP contribution is 2.59. The summed E-state index contributed by atoms with van der Waals surface area (Å²) in [5, 5.41) is 13.0. The monoisotopic (exact) mass is 567 g/mol. The van der Waals surface area contributed by atoms with Crippen LogP contribution in [0.4, 0.5) is 20.3 Å². The summed E-state index contributed by atoms with van der Waals surface area (Å²) in [6.07, 6.45) is -0.861. The number of cyclic esters (lactones) is 1. The minimum absolute atomic E-state index is 0.101. The summed E-state index contributed by atoms with van der Waals surface area (Å²) in [6, 6.07) is 12.7. The summed E-state index contributed by atoms with van der Waals surface area (Å²) in [4.78, 5) is 42.8. The summed E-state index contributed by atoms with van der Waals surface area (Å²) < 4.78 is 27.7. The third-order valence-corrected chi connectivity index (χ3v) is 11.5. The number of ether oxygens (including phenoxy) is 2. The lowest BCUT2D eigenvalue weighted by Crippen LogP contribution is -2.48. The summed E-state index contributed by atoms with van der Waals surface area (Å²) in [7, 11) is -3.45. The van der Waals surface area contributed by atoms with Gasteiger partial charge in [-0.05, 0) is 48.8 Å². The Morgan fingerprint density at radius 1 is 1.20 bits per heavy atom. The zero-order chi connectivity index (χ0) is 28.4. The summed E-state index contributed by atoms with van der Waals surface area (Å²) in [5.74, 6) is -1.19. The van der Waals surface area contributed by atoms with Gasteiger partial charge in [-0.1, -0.05) is 31.2 Å². The highest BCUT2D eigenvalue weighted by Gasteiger charge is 2.65. The fourth-order valence-corrected chi connectivity index (χ4v) is 9.68. The number of hydrogen-bond donors (Lipinski definition) is 2. The van der Waals surface area contributed by atoms with Gasteiger partial charge in [0, 0.05) is 34.9 Å². The van der Waals surface area contributed by atoms with Crippen LogP contribution < -0.4 is 10.2 Å². The molecule has 2 N–H and O–H groups in total. The van der Waals surface area contributed by atoms with Crippen molar-refractivity contribution < 1.29 is 33.1 Å². The van der Waals surface area contributed by atoms with Crippen molar-refractivity contribution >= 4 is 37.7 Å². The van der Waals surface area contributed by atoms with Crippen LogP contribution in [0.3, 0.4) is 0 Å². The van der Waals surface area contributed by atoms with Crippen LogP contribution in [0.1, 0.15) is 30.0 Å². The Kier molecular flexibility index (Phi) is 6.51. The number of hydrogen-bond acceptors (Lipinski definition) is 6. The lowest BCUT2D eigenvalue weighted by Gasteiger charge is -2.37. The van der Waals surface area contributed by atoms with E-state index < -0.39 is 43.6 Å². The van der Waals surface area contributed by atoms with E-state index in [1.54, 1.807) is 36.2 Å². The van der Waals surface area contributed by atoms with E-state index in [-0.39, 0.29) is 31.6 Å². The second-order valence-corrected chi connectivity index (χ2v) is 15.6. The molecule has 2 fully saturated rings. The van der Waals surface area contributed by atoms with Gasteiger partial charge in [-0.2, -0.15) is 0 Å². The molecule has 0 aliphatic carbocycles. The fourth-order valence-electron chi connectivity index (χ4n) is 7.18. The molecule has 11 heteroatoms. The quantitative estimate of drug-likeness (QED) is 0.421. The summed E-state index contributed by atoms with van der Waals surface area (Å²) >= 11 is 0. The van der Waals surface area contributed by atoms with E-state index in [9.17, 15) is 19.5 Å². The maximum absolute atomic E-state index is 16.0. The van der Waals surface area contributed by atoms with Crippen molar-refractivity contribution in [2.24, 2.45) is 5.92 Å². The molecule has 2 saturated heterocycles. The average molecular weight is 568 g/mol. The third kappa shape index (κ3) is 4.13. The molecular weight excluding hydrogens is 533 g/mol. The fraction of sp³-hybridized carbons (Fsp3) is 0.483. The summed E-state index contributed by atoms with van der Waals surface area (Å²) in [6.45, 7) is 5.83. The number of carbonyl (C=O) groups excluding carboxylic acids is 3. The van der Waals surface area contributed by atoms with Gasteiger partial charge < -0.3 is 28.9 Å². The van der Waals surface area contributed by atoms with Gasteiger partial charge in [0.1, 0.15) is 6.61 Å². The van der Waals surface area contributed by atoms with Crippen LogP contribution in [0.25, 0.3) is 0 Å². The second-order valence-electron chi connectivity index (χ2n) is 11.8. The van der Waals surface area contributed by atoms with Gasteiger partial charge in [0.05, 0.1) is 31.7 Å². The number of benzene rings is 2. The Hall–Kier alpha value is -3.28. The molecule has 1 spiro atoms. The molecule has 2 aromatic rings. The topological polar surface area (TPSA) is 108 Å². The number of nitrogens with one attached hydrogen (secondary N) is 1. The van der Waals surface area contributed by atoms with Crippen LogP contribution >= 0.6 is 0 Å². The SMILES string of the molecule is C[C@@H]1[C@@H]([Si](C)(C)F)[C@H](CC(=O)N2Cc3ccccc3C[C@H]2CO)O[C@@]12C(=O)Nc1ccc(N3CCOC3=O)cc12. The van der Waals surface area contributed by atoms with Gasteiger partial charge >= 0.3 is 6.09 Å². The first-order valence-corrected chi connectivity index (χ1v) is 16.7. The van der Waals surface area contributed by atoms with Crippen molar-refractivity contribution in [1.29, 1.82) is 0 Å². The smallest absolute Gasteiger partial charge is 0.414 e. The largest absolute Gasteiger partial charge is 0.447 e. The first kappa shape index (κ1) is 26.9. The number of carbonyl (C=O) groups is 3. The Bertz CT molecular complexity index is 1380. The van der Waals surface area contributed by atoms with Gasteiger partial charge in [-0.3, -0.25) is 14.5 Å². The van der Waals surface area contributed by atoms with Gasteiger partial charge in [0.2, 0.25) is 14.3 Å². The van der Waals surface area contributed by atoms with E-state index in [0.717, 1.165) is 11.1 Å². The third-order valence-electron chi connectivity index (χ3n) is 9.03. The number of halogens is 1. The molecule has 5 atom stereocenters. The molecule has 40 heavy (non-hydrogen) atoms. The number of nitrogens with zero attached hydrogens (tertiary/aromatic N) is 2. The summed E-state index contributed by atoms with van der Waals surface area (Å²) in [5.41, 5.74) is 1.64. The molecule has 212 valence electrons. The average Bonchev–Trinajstić information content (AvgIpc) is 3.56. The molecule has 0 aromatic heterocycles.